The minimum Gasteiger partial charge on any atom is -0.505 e. The lowest BCUT2D eigenvalue weighted by molar-refractivity contribution is -0.135. The van der Waals surface area contributed by atoms with Gasteiger partial charge in [0.05, 0.1) is 0 Å². The second-order valence-corrected chi connectivity index (χ2v) is 4.12. The summed E-state index contributed by atoms with van der Waals surface area (Å²) >= 11 is 0. The number of aliphatic carboxylic acids is 1. The average molecular weight is 291 g/mol. The number of benzene rings is 1. The van der Waals surface area contributed by atoms with Crippen LogP contribution in [0.15, 0.2) is 36.5 Å². The Morgan fingerprint density at radius 3 is 2.71 bits per heavy atom. The van der Waals surface area contributed by atoms with Crippen molar-refractivity contribution in [3.05, 3.63) is 48.0 Å². The van der Waals surface area contributed by atoms with Crippen LogP contribution >= 0.6 is 0 Å². The van der Waals surface area contributed by atoms with E-state index in [0.717, 1.165) is 0 Å². The first kappa shape index (κ1) is 13.0. The van der Waals surface area contributed by atoms with Crippen LogP contribution in [0.4, 0.5) is 4.39 Å². The number of aromatic hydroxyl groups is 1. The van der Waals surface area contributed by atoms with E-state index >= 15 is 0 Å². The molecule has 0 fully saturated rings. The molecule has 0 saturated heterocycles. The van der Waals surface area contributed by atoms with E-state index in [2.05, 4.69) is 4.98 Å². The van der Waals surface area contributed by atoms with Gasteiger partial charge in [-0.25, -0.2) is 9.37 Å². The number of amides is 1. The largest absolute Gasteiger partial charge is 0.505 e. The van der Waals surface area contributed by atoms with E-state index in [-0.39, 0.29) is 5.31 Å². The first-order chi connectivity index (χ1) is 10.4. The first-order valence-corrected chi connectivity index (χ1v) is 5.86. The van der Waals surface area contributed by atoms with Gasteiger partial charge in [0.1, 0.15) is 18.1 Å². The van der Waals surface area contributed by atoms with Crippen LogP contribution in [0.25, 0.3) is 11.1 Å². The normalized spacial score (nSPS) is 10.8. The van der Waals surface area contributed by atoms with E-state index in [4.69, 9.17) is 6.52 Å². The average Bonchev–Trinajstić information content (AvgIpc) is 2.45. The fourth-order valence-electron chi connectivity index (χ4n) is 1.66. The fraction of sp³-hybridized carbons (Fsp3) is 0.0714. The Morgan fingerprint density at radius 2 is 2.10 bits per heavy atom. The Kier molecular flexibility index (Phi) is 3.72. The number of carboxylic acid groups (broad SMARTS) is 1. The summed E-state index contributed by atoms with van der Waals surface area (Å²) in [5, 5.41) is 18.5. The fourth-order valence-corrected chi connectivity index (χ4v) is 1.66. The number of nitrogens with one attached hydrogen (secondary N) is 1. The van der Waals surface area contributed by atoms with E-state index in [1.807, 2.05) is 0 Å². The second-order valence-electron chi connectivity index (χ2n) is 4.12. The zero-order valence-electron chi connectivity index (χ0n) is 11.7. The van der Waals surface area contributed by atoms with Gasteiger partial charge in [-0.3, -0.25) is 9.59 Å². The molecule has 0 bridgehead atoms. The summed E-state index contributed by atoms with van der Waals surface area (Å²) in [6.45, 7) is -0.842. The van der Waals surface area contributed by atoms with Crippen LogP contribution < -0.4 is 5.31 Å². The highest BCUT2D eigenvalue weighted by atomic mass is 19.1. The van der Waals surface area contributed by atoms with Crippen molar-refractivity contribution in [3.8, 4) is 16.9 Å². The lowest BCUT2D eigenvalue weighted by Crippen LogP contribution is -2.29. The van der Waals surface area contributed by atoms with Crippen LogP contribution in [0, 0.1) is 5.82 Å². The predicted octanol–water partition coefficient (Wildman–Crippen LogP) is 1.41. The lowest BCUT2D eigenvalue weighted by atomic mass is 10.1. The molecular weight excluding hydrogens is 279 g/mol. The molecule has 1 amide bonds. The van der Waals surface area contributed by atoms with Crippen molar-refractivity contribution < 1.29 is 25.6 Å². The summed E-state index contributed by atoms with van der Waals surface area (Å²) in [6.07, 6.45) is 1.23. The Hall–Kier alpha value is -2.96. The Bertz CT molecular complexity index is 739. The number of hydrogen-bond acceptors (Lipinski definition) is 4. The van der Waals surface area contributed by atoms with E-state index < -0.39 is 35.7 Å². The van der Waals surface area contributed by atoms with E-state index in [1.54, 1.807) is 6.07 Å². The maximum atomic E-state index is 13.2. The van der Waals surface area contributed by atoms with E-state index in [9.17, 15) is 19.1 Å². The molecule has 1 aromatic carbocycles. The second kappa shape index (κ2) is 6.00. The standard InChI is InChI=1S/C14H11FN2O4/c15-10-3-1-2-8(4-10)9-5-11(18)13(16-6-9)14(21)17-7-12(19)20/h1-6,18H,7H2,(H,17,21)(H,19,20)/i/hD. The third kappa shape index (κ3) is 3.53. The van der Waals surface area contributed by atoms with Crippen LogP contribution in [0.1, 0.15) is 10.5 Å². The topological polar surface area (TPSA) is 99.5 Å². The number of pyridine rings is 1. The van der Waals surface area contributed by atoms with Crippen molar-refractivity contribution in [2.45, 2.75) is 0 Å². The Labute approximate surface area is 120 Å². The SMILES string of the molecule is [2H]N(CC(=O)O)C(=O)c1ncc(-c2cccc(F)c2)cc1O. The van der Waals surface area contributed by atoms with Gasteiger partial charge >= 0.3 is 5.97 Å². The third-order valence-corrected chi connectivity index (χ3v) is 2.59. The molecule has 2 rings (SSSR count). The van der Waals surface area contributed by atoms with Gasteiger partial charge in [0.2, 0.25) is 0 Å². The van der Waals surface area contributed by atoms with Crippen LogP contribution in [-0.2, 0) is 4.79 Å². The number of carboxylic acids is 1. The van der Waals surface area contributed by atoms with Gasteiger partial charge in [0.25, 0.3) is 5.91 Å². The number of hydrogen-bond donors (Lipinski definition) is 3. The van der Waals surface area contributed by atoms with Gasteiger partial charge in [-0.2, -0.15) is 0 Å². The highest BCUT2D eigenvalue weighted by Crippen LogP contribution is 2.25. The number of aromatic nitrogens is 1. The Balaban J connectivity index is 2.30. The van der Waals surface area contributed by atoms with Crippen molar-refractivity contribution in [2.75, 3.05) is 6.54 Å². The molecule has 0 unspecified atom stereocenters. The molecule has 1 heterocycles. The number of rotatable bonds is 4. The van der Waals surface area contributed by atoms with Gasteiger partial charge in [0, 0.05) is 11.8 Å². The van der Waals surface area contributed by atoms with E-state index in [0.29, 0.717) is 11.1 Å². The summed E-state index contributed by atoms with van der Waals surface area (Å²) in [4.78, 5) is 26.0. The molecule has 0 aliphatic carbocycles. The minimum absolute atomic E-state index is 0.173. The molecule has 0 saturated carbocycles. The molecule has 0 aliphatic heterocycles. The molecule has 6 nitrogen and oxygen atoms in total. The number of nitrogens with zero attached hydrogens (tertiary/aromatic N) is 1. The maximum Gasteiger partial charge on any atom is 0.322 e. The van der Waals surface area contributed by atoms with Crippen LogP contribution in [-0.4, -0.2) is 33.6 Å². The Morgan fingerprint density at radius 1 is 1.33 bits per heavy atom. The molecule has 0 radical (unpaired) electrons. The van der Waals surface area contributed by atoms with Gasteiger partial charge in [-0.15, -0.1) is 0 Å². The molecule has 2 aromatic rings. The van der Waals surface area contributed by atoms with Gasteiger partial charge in [0.15, 0.2) is 7.11 Å². The number of halogens is 1. The van der Waals surface area contributed by atoms with E-state index in [1.165, 1.54) is 30.5 Å². The van der Waals surface area contributed by atoms with Crippen LogP contribution in [0.5, 0.6) is 5.75 Å². The molecule has 108 valence electrons. The van der Waals surface area contributed by atoms with Crippen molar-refractivity contribution in [2.24, 2.45) is 0 Å². The summed E-state index contributed by atoms with van der Waals surface area (Å²) in [7, 11) is 0. The molecule has 0 atom stereocenters. The zero-order valence-corrected chi connectivity index (χ0v) is 10.7. The lowest BCUT2D eigenvalue weighted by Gasteiger charge is -2.07. The first-order valence-electron chi connectivity index (χ1n) is 6.30. The smallest absolute Gasteiger partial charge is 0.322 e. The minimum atomic E-state index is -1.36. The summed E-state index contributed by atoms with van der Waals surface area (Å²) in [6, 6.07) is 6.78. The highest BCUT2D eigenvalue weighted by Gasteiger charge is 2.14. The molecule has 0 aliphatic rings. The summed E-state index contributed by atoms with van der Waals surface area (Å²) in [5.41, 5.74) is 0.384. The van der Waals surface area contributed by atoms with Gasteiger partial charge in [-0.05, 0) is 23.8 Å². The summed E-state index contributed by atoms with van der Waals surface area (Å²) < 4.78 is 20.5. The molecule has 21 heavy (non-hydrogen) atoms. The summed E-state index contributed by atoms with van der Waals surface area (Å²) in [5.74, 6) is -3.39. The van der Waals surface area contributed by atoms with Crippen molar-refractivity contribution in [1.29, 1.82) is 0 Å². The molecular formula is C14H11FN2O4. The van der Waals surface area contributed by atoms with Crippen molar-refractivity contribution >= 4 is 11.9 Å². The maximum absolute atomic E-state index is 13.2. The highest BCUT2D eigenvalue weighted by molar-refractivity contribution is 5.96. The van der Waals surface area contributed by atoms with Crippen LogP contribution in [0.3, 0.4) is 0 Å². The number of carbonyl (C=O) groups excluding carboxylic acids is 1. The molecule has 7 heteroatoms. The molecule has 3 N–H and O–H groups in total. The predicted molar refractivity (Wildman–Crippen MR) is 71.3 cm³/mol. The van der Waals surface area contributed by atoms with Crippen molar-refractivity contribution in [3.63, 3.8) is 0 Å². The zero-order chi connectivity index (χ0) is 16.3. The van der Waals surface area contributed by atoms with Crippen LogP contribution in [0.2, 0.25) is 1.41 Å². The number of carbonyl (C=O) groups is 2. The molecule has 0 spiro atoms. The monoisotopic (exact) mass is 291 g/mol. The van der Waals surface area contributed by atoms with Crippen molar-refractivity contribution in [1.82, 2.24) is 10.3 Å². The van der Waals surface area contributed by atoms with Gasteiger partial charge in [-0.1, -0.05) is 12.1 Å². The third-order valence-electron chi connectivity index (χ3n) is 2.59. The molecule has 1 aromatic heterocycles. The quantitative estimate of drug-likeness (QED) is 0.791. The van der Waals surface area contributed by atoms with Gasteiger partial charge < -0.3 is 15.5 Å².